The summed E-state index contributed by atoms with van der Waals surface area (Å²) in [4.78, 5) is 4.46. The first-order valence-electron chi connectivity index (χ1n) is 6.13. The maximum absolute atomic E-state index is 5.45. The van der Waals surface area contributed by atoms with E-state index in [-0.39, 0.29) is 0 Å². The number of nitrogens with two attached hydrogens (primary N) is 1. The van der Waals surface area contributed by atoms with Crippen LogP contribution in [-0.2, 0) is 6.42 Å². The van der Waals surface area contributed by atoms with Crippen molar-refractivity contribution in [1.82, 2.24) is 10.7 Å². The van der Waals surface area contributed by atoms with Gasteiger partial charge in [-0.15, -0.1) is 0 Å². The molecule has 1 aliphatic carbocycles. The number of benzene rings is 1. The Morgan fingerprint density at radius 1 is 1.41 bits per heavy atom. The number of hydrazine groups is 1. The third-order valence-corrected chi connectivity index (χ3v) is 2.76. The summed E-state index contributed by atoms with van der Waals surface area (Å²) in [5.74, 6) is 6.15. The lowest BCUT2D eigenvalue weighted by molar-refractivity contribution is 0.641. The van der Waals surface area contributed by atoms with Crippen molar-refractivity contribution in [2.45, 2.75) is 38.3 Å². The van der Waals surface area contributed by atoms with Crippen LogP contribution in [0.25, 0.3) is 0 Å². The van der Waals surface area contributed by atoms with E-state index in [1.54, 1.807) is 0 Å². The predicted octanol–water partition coefficient (Wildman–Crippen LogP) is 1.19. The fraction of sp³-hybridized carbons (Fsp3) is 0.462. The van der Waals surface area contributed by atoms with Crippen LogP contribution in [0.4, 0.5) is 0 Å². The summed E-state index contributed by atoms with van der Waals surface area (Å²) in [5, 5.41) is 3.30. The molecule has 4 heteroatoms. The van der Waals surface area contributed by atoms with E-state index < -0.39 is 0 Å². The molecular formula is C13H20N4. The number of aliphatic imine (C=N–C) groups is 1. The van der Waals surface area contributed by atoms with E-state index >= 15 is 0 Å². The Bertz CT molecular complexity index is 370. The summed E-state index contributed by atoms with van der Waals surface area (Å²) in [7, 11) is 0. The van der Waals surface area contributed by atoms with E-state index in [0.717, 1.165) is 6.42 Å². The Hall–Kier alpha value is -1.55. The van der Waals surface area contributed by atoms with Crippen molar-refractivity contribution in [2.24, 2.45) is 10.8 Å². The molecule has 0 saturated heterocycles. The minimum absolute atomic E-state index is 0.311. The summed E-state index contributed by atoms with van der Waals surface area (Å²) in [6, 6.07) is 11.2. The molecule has 0 aromatic heterocycles. The second kappa shape index (κ2) is 5.68. The summed E-state index contributed by atoms with van der Waals surface area (Å²) in [6.07, 6.45) is 3.33. The highest BCUT2D eigenvalue weighted by atomic mass is 15.3. The normalized spacial score (nSPS) is 17.6. The number of rotatable bonds is 4. The van der Waals surface area contributed by atoms with Crippen LogP contribution in [0.2, 0.25) is 0 Å². The SMILES string of the molecule is CC(Cc1ccccc1)NC(=NC1CC1)NN. The monoisotopic (exact) mass is 232 g/mol. The number of nitrogens with one attached hydrogen (secondary N) is 2. The molecule has 1 aliphatic rings. The van der Waals surface area contributed by atoms with Gasteiger partial charge in [0.2, 0.25) is 5.96 Å². The molecule has 0 radical (unpaired) electrons. The van der Waals surface area contributed by atoms with E-state index in [9.17, 15) is 0 Å². The molecule has 1 aromatic carbocycles. The van der Waals surface area contributed by atoms with E-state index in [2.05, 4.69) is 46.9 Å². The molecule has 92 valence electrons. The molecule has 17 heavy (non-hydrogen) atoms. The molecule has 2 rings (SSSR count). The average Bonchev–Trinajstić information content (AvgIpc) is 3.13. The highest BCUT2D eigenvalue weighted by Crippen LogP contribution is 2.23. The number of hydrogen-bond donors (Lipinski definition) is 3. The van der Waals surface area contributed by atoms with Crippen molar-refractivity contribution in [3.63, 3.8) is 0 Å². The molecule has 0 aliphatic heterocycles. The fourth-order valence-corrected chi connectivity index (χ4v) is 1.75. The largest absolute Gasteiger partial charge is 0.353 e. The third kappa shape index (κ3) is 4.07. The van der Waals surface area contributed by atoms with Crippen molar-refractivity contribution < 1.29 is 0 Å². The molecule has 4 N–H and O–H groups in total. The zero-order valence-electron chi connectivity index (χ0n) is 10.2. The molecular weight excluding hydrogens is 212 g/mol. The van der Waals surface area contributed by atoms with Crippen LogP contribution in [0.5, 0.6) is 0 Å². The zero-order chi connectivity index (χ0) is 12.1. The van der Waals surface area contributed by atoms with Gasteiger partial charge in [-0.3, -0.25) is 5.43 Å². The van der Waals surface area contributed by atoms with Crippen molar-refractivity contribution in [3.05, 3.63) is 35.9 Å². The zero-order valence-corrected chi connectivity index (χ0v) is 10.2. The second-order valence-electron chi connectivity index (χ2n) is 4.59. The Labute approximate surface area is 102 Å². The van der Waals surface area contributed by atoms with Crippen molar-refractivity contribution in [3.8, 4) is 0 Å². The summed E-state index contributed by atoms with van der Waals surface area (Å²) < 4.78 is 0. The Balaban J connectivity index is 1.85. The smallest absolute Gasteiger partial charge is 0.206 e. The van der Waals surface area contributed by atoms with Crippen molar-refractivity contribution in [2.75, 3.05) is 0 Å². The van der Waals surface area contributed by atoms with Crippen LogP contribution in [0, 0.1) is 0 Å². The van der Waals surface area contributed by atoms with Crippen LogP contribution >= 0.6 is 0 Å². The lowest BCUT2D eigenvalue weighted by atomic mass is 10.1. The van der Waals surface area contributed by atoms with Gasteiger partial charge in [-0.2, -0.15) is 0 Å². The molecule has 1 aromatic rings. The molecule has 0 spiro atoms. The van der Waals surface area contributed by atoms with Gasteiger partial charge in [0, 0.05) is 6.04 Å². The van der Waals surface area contributed by atoms with Gasteiger partial charge in [0.25, 0.3) is 0 Å². The maximum atomic E-state index is 5.45. The van der Waals surface area contributed by atoms with Crippen LogP contribution in [0.3, 0.4) is 0 Å². The number of nitrogens with zero attached hydrogens (tertiary/aromatic N) is 1. The van der Waals surface area contributed by atoms with Gasteiger partial charge in [-0.25, -0.2) is 10.8 Å². The van der Waals surface area contributed by atoms with E-state index in [4.69, 9.17) is 5.84 Å². The average molecular weight is 232 g/mol. The van der Waals surface area contributed by atoms with Gasteiger partial charge < -0.3 is 5.32 Å². The van der Waals surface area contributed by atoms with Crippen LogP contribution in [0.15, 0.2) is 35.3 Å². The lowest BCUT2D eigenvalue weighted by Crippen LogP contribution is -2.46. The topological polar surface area (TPSA) is 62.4 Å². The highest BCUT2D eigenvalue weighted by molar-refractivity contribution is 5.79. The molecule has 1 fully saturated rings. The first-order chi connectivity index (χ1) is 8.28. The van der Waals surface area contributed by atoms with Crippen molar-refractivity contribution in [1.29, 1.82) is 0 Å². The quantitative estimate of drug-likeness (QED) is 0.316. The molecule has 1 atom stereocenters. The Morgan fingerprint density at radius 3 is 2.71 bits per heavy atom. The van der Waals surface area contributed by atoms with E-state index in [1.165, 1.54) is 18.4 Å². The standard InChI is InChI=1S/C13H20N4/c1-10(9-11-5-3-2-4-6-11)15-13(17-14)16-12-7-8-12/h2-6,10,12H,7-9,14H2,1H3,(H2,15,16,17). The molecule has 1 unspecified atom stereocenters. The van der Waals surface area contributed by atoms with Crippen LogP contribution in [0.1, 0.15) is 25.3 Å². The van der Waals surface area contributed by atoms with Crippen LogP contribution < -0.4 is 16.6 Å². The minimum atomic E-state index is 0.311. The van der Waals surface area contributed by atoms with Crippen LogP contribution in [-0.4, -0.2) is 18.0 Å². The molecule has 4 nitrogen and oxygen atoms in total. The van der Waals surface area contributed by atoms with E-state index in [1.807, 2.05) is 6.07 Å². The first kappa shape index (κ1) is 11.9. The summed E-state index contributed by atoms with van der Waals surface area (Å²) >= 11 is 0. The molecule has 0 bridgehead atoms. The summed E-state index contributed by atoms with van der Waals surface area (Å²) in [6.45, 7) is 2.13. The number of hydrogen-bond acceptors (Lipinski definition) is 2. The minimum Gasteiger partial charge on any atom is -0.353 e. The Morgan fingerprint density at radius 2 is 2.12 bits per heavy atom. The Kier molecular flexibility index (Phi) is 3.98. The van der Waals surface area contributed by atoms with Crippen molar-refractivity contribution >= 4 is 5.96 Å². The van der Waals surface area contributed by atoms with Gasteiger partial charge in [0.1, 0.15) is 0 Å². The lowest BCUT2D eigenvalue weighted by Gasteiger charge is -2.16. The third-order valence-electron chi connectivity index (χ3n) is 2.76. The first-order valence-corrected chi connectivity index (χ1v) is 6.13. The van der Waals surface area contributed by atoms with Gasteiger partial charge in [0.15, 0.2) is 0 Å². The maximum Gasteiger partial charge on any atom is 0.206 e. The van der Waals surface area contributed by atoms with Gasteiger partial charge in [0.05, 0.1) is 6.04 Å². The van der Waals surface area contributed by atoms with Gasteiger partial charge in [-0.1, -0.05) is 30.3 Å². The van der Waals surface area contributed by atoms with Gasteiger partial charge in [-0.05, 0) is 31.7 Å². The second-order valence-corrected chi connectivity index (χ2v) is 4.59. The molecule has 1 saturated carbocycles. The van der Waals surface area contributed by atoms with Gasteiger partial charge >= 0.3 is 0 Å². The molecule has 0 amide bonds. The summed E-state index contributed by atoms with van der Waals surface area (Å²) in [5.41, 5.74) is 3.94. The number of guanidine groups is 1. The fourth-order valence-electron chi connectivity index (χ4n) is 1.75. The molecule has 0 heterocycles. The highest BCUT2D eigenvalue weighted by Gasteiger charge is 2.21. The van der Waals surface area contributed by atoms with E-state index in [0.29, 0.717) is 18.0 Å². The predicted molar refractivity (Wildman–Crippen MR) is 70.5 cm³/mol.